The molecule has 0 radical (unpaired) electrons. The monoisotopic (exact) mass is 382 g/mol. The smallest absolute Gasteiger partial charge is 0.174 e. The zero-order valence-electron chi connectivity index (χ0n) is 17.6. The van der Waals surface area contributed by atoms with Gasteiger partial charge in [0.1, 0.15) is 23.9 Å². The van der Waals surface area contributed by atoms with Crippen molar-refractivity contribution in [1.29, 1.82) is 0 Å². The number of nitrogens with zero attached hydrogens (tertiary/aromatic N) is 1. The molecule has 0 aliphatic rings. The number of benzene rings is 2. The molecule has 1 aromatic heterocycles. The fourth-order valence-electron chi connectivity index (χ4n) is 2.40. The van der Waals surface area contributed by atoms with Gasteiger partial charge in [0.05, 0.1) is 7.11 Å². The number of methoxy groups -OCH3 is 1. The molecule has 5 nitrogen and oxygen atoms in total. The third-order valence-corrected chi connectivity index (χ3v) is 3.92. The second kappa shape index (κ2) is 9.83. The minimum absolute atomic E-state index is 0.0647. The Kier molecular flexibility index (Phi) is 7.50. The average Bonchev–Trinajstić information content (AvgIpc) is 3.18. The molecular formula is C23H30N2O3. The van der Waals surface area contributed by atoms with Crippen LogP contribution in [0.15, 0.2) is 59.1 Å². The van der Waals surface area contributed by atoms with Crippen LogP contribution >= 0.6 is 0 Å². The van der Waals surface area contributed by atoms with Gasteiger partial charge in [0, 0.05) is 17.2 Å². The van der Waals surface area contributed by atoms with Crippen LogP contribution in [0.4, 0.5) is 11.5 Å². The van der Waals surface area contributed by atoms with Gasteiger partial charge in [-0.2, -0.15) is 0 Å². The molecule has 5 heteroatoms. The second-order valence-electron chi connectivity index (χ2n) is 7.12. The van der Waals surface area contributed by atoms with E-state index in [0.717, 1.165) is 28.5 Å². The van der Waals surface area contributed by atoms with Crippen molar-refractivity contribution in [2.75, 3.05) is 12.4 Å². The normalized spacial score (nSPS) is 10.6. The summed E-state index contributed by atoms with van der Waals surface area (Å²) in [6.07, 6.45) is 0. The Hall–Kier alpha value is -2.95. The molecule has 150 valence electrons. The summed E-state index contributed by atoms with van der Waals surface area (Å²) >= 11 is 0. The van der Waals surface area contributed by atoms with Crippen LogP contribution in [-0.2, 0) is 12.0 Å². The van der Waals surface area contributed by atoms with Crippen molar-refractivity contribution in [2.24, 2.45) is 0 Å². The van der Waals surface area contributed by atoms with Gasteiger partial charge in [-0.15, -0.1) is 0 Å². The van der Waals surface area contributed by atoms with Crippen molar-refractivity contribution in [3.05, 3.63) is 65.9 Å². The van der Waals surface area contributed by atoms with Gasteiger partial charge in [0.25, 0.3) is 0 Å². The molecule has 0 fully saturated rings. The minimum Gasteiger partial charge on any atom is -0.497 e. The first-order valence-electron chi connectivity index (χ1n) is 9.54. The van der Waals surface area contributed by atoms with E-state index in [1.54, 1.807) is 7.11 Å². The standard InChI is InChI=1S/C21H24N2O3.C2H6/c1-21(2,3)19-13-20(23-26-19)22-16-8-10-17(11-9-16)25-14-15-6-5-7-18(12-15)24-4;1-2/h5-13H,14H2,1-4H3,(H,22,23);1-2H3. The Morgan fingerprint density at radius 2 is 1.68 bits per heavy atom. The Morgan fingerprint density at radius 1 is 0.964 bits per heavy atom. The Morgan fingerprint density at radius 3 is 2.29 bits per heavy atom. The van der Waals surface area contributed by atoms with Gasteiger partial charge in [-0.1, -0.05) is 51.9 Å². The van der Waals surface area contributed by atoms with E-state index in [1.807, 2.05) is 68.4 Å². The van der Waals surface area contributed by atoms with Gasteiger partial charge in [-0.05, 0) is 42.0 Å². The Labute approximate surface area is 167 Å². The van der Waals surface area contributed by atoms with E-state index in [-0.39, 0.29) is 5.41 Å². The number of hydrogen-bond donors (Lipinski definition) is 1. The molecule has 3 aromatic rings. The maximum atomic E-state index is 5.83. The molecule has 2 aromatic carbocycles. The lowest BCUT2D eigenvalue weighted by Crippen LogP contribution is -2.09. The lowest BCUT2D eigenvalue weighted by Gasteiger charge is -2.12. The van der Waals surface area contributed by atoms with Crippen LogP contribution in [0, 0.1) is 0 Å². The number of aromatic nitrogens is 1. The van der Waals surface area contributed by atoms with Crippen molar-refractivity contribution in [2.45, 2.75) is 46.6 Å². The molecule has 1 heterocycles. The fourth-order valence-corrected chi connectivity index (χ4v) is 2.40. The molecule has 0 saturated heterocycles. The van der Waals surface area contributed by atoms with Gasteiger partial charge in [0.2, 0.25) is 0 Å². The summed E-state index contributed by atoms with van der Waals surface area (Å²) in [7, 11) is 1.66. The molecule has 0 unspecified atom stereocenters. The van der Waals surface area contributed by atoms with E-state index in [0.29, 0.717) is 12.4 Å². The van der Waals surface area contributed by atoms with E-state index in [4.69, 9.17) is 14.0 Å². The molecular weight excluding hydrogens is 352 g/mol. The molecule has 0 aliphatic carbocycles. The SMILES string of the molecule is CC.COc1cccc(COc2ccc(Nc3cc(C(C)(C)C)on3)cc2)c1. The zero-order chi connectivity index (χ0) is 20.6. The molecule has 0 spiro atoms. The van der Waals surface area contributed by atoms with Gasteiger partial charge >= 0.3 is 0 Å². The van der Waals surface area contributed by atoms with Gasteiger partial charge in [-0.3, -0.25) is 0 Å². The van der Waals surface area contributed by atoms with Crippen molar-refractivity contribution < 1.29 is 14.0 Å². The van der Waals surface area contributed by atoms with Crippen molar-refractivity contribution >= 4 is 11.5 Å². The quantitative estimate of drug-likeness (QED) is 0.540. The summed E-state index contributed by atoms with van der Waals surface area (Å²) in [4.78, 5) is 0. The van der Waals surface area contributed by atoms with Crippen LogP contribution in [0.5, 0.6) is 11.5 Å². The first-order chi connectivity index (χ1) is 13.4. The summed E-state index contributed by atoms with van der Waals surface area (Å²) in [5, 5.41) is 7.30. The number of hydrogen-bond acceptors (Lipinski definition) is 5. The number of ether oxygens (including phenoxy) is 2. The van der Waals surface area contributed by atoms with Crippen molar-refractivity contribution in [3.8, 4) is 11.5 Å². The third kappa shape index (κ3) is 6.05. The topological polar surface area (TPSA) is 56.5 Å². The summed E-state index contributed by atoms with van der Waals surface area (Å²) in [5.74, 6) is 3.17. The molecule has 3 rings (SSSR count). The third-order valence-electron chi connectivity index (χ3n) is 3.92. The highest BCUT2D eigenvalue weighted by Gasteiger charge is 2.19. The largest absolute Gasteiger partial charge is 0.497 e. The van der Waals surface area contributed by atoms with E-state index in [2.05, 4.69) is 31.2 Å². The minimum atomic E-state index is -0.0647. The summed E-state index contributed by atoms with van der Waals surface area (Å²) in [6.45, 7) is 10.8. The van der Waals surface area contributed by atoms with Crippen LogP contribution in [0.1, 0.15) is 45.9 Å². The second-order valence-corrected chi connectivity index (χ2v) is 7.12. The van der Waals surface area contributed by atoms with Crippen molar-refractivity contribution in [3.63, 3.8) is 0 Å². The highest BCUT2D eigenvalue weighted by molar-refractivity contribution is 5.57. The number of nitrogens with one attached hydrogen (secondary N) is 1. The first-order valence-corrected chi connectivity index (χ1v) is 9.54. The van der Waals surface area contributed by atoms with Crippen LogP contribution in [-0.4, -0.2) is 12.3 Å². The zero-order valence-corrected chi connectivity index (χ0v) is 17.6. The Bertz CT molecular complexity index is 849. The maximum absolute atomic E-state index is 5.83. The van der Waals surface area contributed by atoms with Gasteiger partial charge < -0.3 is 19.3 Å². The molecule has 0 atom stereocenters. The molecule has 0 amide bonds. The van der Waals surface area contributed by atoms with Crippen LogP contribution < -0.4 is 14.8 Å². The number of rotatable bonds is 6. The molecule has 0 aliphatic heterocycles. The van der Waals surface area contributed by atoms with E-state index >= 15 is 0 Å². The highest BCUT2D eigenvalue weighted by atomic mass is 16.5. The summed E-state index contributed by atoms with van der Waals surface area (Å²) < 4.78 is 16.4. The fraction of sp³-hybridized carbons (Fsp3) is 0.348. The maximum Gasteiger partial charge on any atom is 0.174 e. The first kappa shape index (κ1) is 21.4. The molecule has 1 N–H and O–H groups in total. The van der Waals surface area contributed by atoms with Crippen LogP contribution in [0.2, 0.25) is 0 Å². The van der Waals surface area contributed by atoms with Crippen molar-refractivity contribution in [1.82, 2.24) is 5.16 Å². The number of anilines is 2. The average molecular weight is 383 g/mol. The molecule has 0 bridgehead atoms. The Balaban J connectivity index is 0.00000136. The van der Waals surface area contributed by atoms with Gasteiger partial charge in [0.15, 0.2) is 5.82 Å². The summed E-state index contributed by atoms with van der Waals surface area (Å²) in [5.41, 5.74) is 1.92. The highest BCUT2D eigenvalue weighted by Crippen LogP contribution is 2.26. The van der Waals surface area contributed by atoms with E-state index in [9.17, 15) is 0 Å². The lowest BCUT2D eigenvalue weighted by molar-refractivity contribution is 0.305. The predicted octanol–water partition coefficient (Wildman–Crippen LogP) is 6.33. The molecule has 0 saturated carbocycles. The van der Waals surface area contributed by atoms with E-state index in [1.165, 1.54) is 0 Å². The lowest BCUT2D eigenvalue weighted by atomic mass is 9.93. The molecule has 28 heavy (non-hydrogen) atoms. The van der Waals surface area contributed by atoms with Gasteiger partial charge in [-0.25, -0.2) is 0 Å². The van der Waals surface area contributed by atoms with Crippen LogP contribution in [0.3, 0.4) is 0 Å². The summed E-state index contributed by atoms with van der Waals surface area (Å²) in [6, 6.07) is 17.5. The van der Waals surface area contributed by atoms with Crippen LogP contribution in [0.25, 0.3) is 0 Å². The predicted molar refractivity (Wildman–Crippen MR) is 114 cm³/mol. The van der Waals surface area contributed by atoms with E-state index < -0.39 is 0 Å².